The topological polar surface area (TPSA) is 15.3 Å². The van der Waals surface area contributed by atoms with Gasteiger partial charge in [-0.15, -0.1) is 0 Å². The molecule has 0 aromatic rings. The number of hydrogen-bond acceptors (Lipinski definition) is 2. The minimum Gasteiger partial charge on any atom is -0.312 e. The average molecular weight is 250 g/mol. The van der Waals surface area contributed by atoms with Crippen LogP contribution in [0.25, 0.3) is 0 Å². The van der Waals surface area contributed by atoms with Crippen LogP contribution in [0.4, 0.5) is 0 Å². The Hall–Kier alpha value is -0.0800. The molecule has 2 heteroatoms. The number of nitrogens with zero attached hydrogens (tertiary/aromatic N) is 1. The monoisotopic (exact) mass is 250 g/mol. The molecule has 2 aliphatic carbocycles. The van der Waals surface area contributed by atoms with Crippen LogP contribution in [-0.2, 0) is 0 Å². The van der Waals surface area contributed by atoms with E-state index in [-0.39, 0.29) is 0 Å². The molecule has 0 radical (unpaired) electrons. The van der Waals surface area contributed by atoms with Gasteiger partial charge in [-0.3, -0.25) is 0 Å². The van der Waals surface area contributed by atoms with Crippen LogP contribution in [0.5, 0.6) is 0 Å². The van der Waals surface area contributed by atoms with Crippen molar-refractivity contribution in [2.75, 3.05) is 26.2 Å². The Kier molecular flexibility index (Phi) is 4.25. The Morgan fingerprint density at radius 2 is 1.83 bits per heavy atom. The van der Waals surface area contributed by atoms with Gasteiger partial charge in [-0.05, 0) is 62.8 Å². The molecule has 1 atom stereocenters. The predicted molar refractivity (Wildman–Crippen MR) is 76.7 cm³/mol. The van der Waals surface area contributed by atoms with Crippen LogP contribution >= 0.6 is 0 Å². The quantitative estimate of drug-likeness (QED) is 0.712. The molecular formula is C16H30N2. The zero-order valence-electron chi connectivity index (χ0n) is 12.0. The van der Waals surface area contributed by atoms with E-state index in [1.54, 1.807) is 0 Å². The SMILES string of the molecule is CCCC1CCN(CCNC(C2CC2)C2CC2)C1. The fourth-order valence-electron chi connectivity index (χ4n) is 3.78. The van der Waals surface area contributed by atoms with Crippen molar-refractivity contribution in [1.29, 1.82) is 0 Å². The van der Waals surface area contributed by atoms with E-state index < -0.39 is 0 Å². The largest absolute Gasteiger partial charge is 0.312 e. The summed E-state index contributed by atoms with van der Waals surface area (Å²) in [6, 6.07) is 0.888. The van der Waals surface area contributed by atoms with Gasteiger partial charge in [0.05, 0.1) is 0 Å². The van der Waals surface area contributed by atoms with E-state index >= 15 is 0 Å². The Bertz CT molecular complexity index is 246. The zero-order chi connectivity index (χ0) is 12.4. The number of likely N-dealkylation sites (tertiary alicyclic amines) is 1. The van der Waals surface area contributed by atoms with Crippen LogP contribution in [0.3, 0.4) is 0 Å². The summed E-state index contributed by atoms with van der Waals surface area (Å²) in [5, 5.41) is 3.88. The summed E-state index contributed by atoms with van der Waals surface area (Å²) < 4.78 is 0. The van der Waals surface area contributed by atoms with Crippen molar-refractivity contribution in [1.82, 2.24) is 10.2 Å². The maximum absolute atomic E-state index is 3.88. The van der Waals surface area contributed by atoms with Gasteiger partial charge in [0, 0.05) is 25.7 Å². The predicted octanol–water partition coefficient (Wildman–Crippen LogP) is 2.89. The third-order valence-electron chi connectivity index (χ3n) is 5.13. The zero-order valence-corrected chi connectivity index (χ0v) is 12.0. The first-order chi connectivity index (χ1) is 8.86. The van der Waals surface area contributed by atoms with Crippen LogP contribution < -0.4 is 5.32 Å². The van der Waals surface area contributed by atoms with Crippen molar-refractivity contribution in [2.45, 2.75) is 57.9 Å². The summed E-state index contributed by atoms with van der Waals surface area (Å²) in [6.45, 7) is 7.56. The number of nitrogens with one attached hydrogen (secondary N) is 1. The lowest BCUT2D eigenvalue weighted by Crippen LogP contribution is -2.38. The molecule has 1 heterocycles. The average Bonchev–Trinajstić information content (AvgIpc) is 3.27. The summed E-state index contributed by atoms with van der Waals surface area (Å²) in [7, 11) is 0. The van der Waals surface area contributed by atoms with Crippen molar-refractivity contribution in [3.63, 3.8) is 0 Å². The molecule has 1 aliphatic heterocycles. The Labute approximate surface area is 113 Å². The smallest absolute Gasteiger partial charge is 0.0124 e. The van der Waals surface area contributed by atoms with Crippen molar-refractivity contribution >= 4 is 0 Å². The molecule has 3 aliphatic rings. The number of rotatable bonds is 8. The summed E-state index contributed by atoms with van der Waals surface area (Å²) in [5.74, 6) is 3.09. The van der Waals surface area contributed by atoms with Crippen LogP contribution in [0.2, 0.25) is 0 Å². The van der Waals surface area contributed by atoms with Gasteiger partial charge in [-0.1, -0.05) is 13.3 Å². The molecule has 104 valence electrons. The highest BCUT2D eigenvalue weighted by Gasteiger charge is 2.40. The lowest BCUT2D eigenvalue weighted by Gasteiger charge is -2.21. The summed E-state index contributed by atoms with van der Waals surface area (Å²) in [6.07, 6.45) is 10.2. The molecule has 0 amide bonds. The lowest BCUT2D eigenvalue weighted by molar-refractivity contribution is 0.301. The van der Waals surface area contributed by atoms with E-state index in [9.17, 15) is 0 Å². The second kappa shape index (κ2) is 5.92. The first-order valence-corrected chi connectivity index (χ1v) is 8.32. The van der Waals surface area contributed by atoms with Crippen molar-refractivity contribution in [3.05, 3.63) is 0 Å². The maximum Gasteiger partial charge on any atom is 0.0124 e. The highest BCUT2D eigenvalue weighted by molar-refractivity contribution is 4.96. The Morgan fingerprint density at radius 3 is 2.44 bits per heavy atom. The van der Waals surface area contributed by atoms with Gasteiger partial charge in [-0.2, -0.15) is 0 Å². The molecule has 3 rings (SSSR count). The summed E-state index contributed by atoms with van der Waals surface area (Å²) in [4.78, 5) is 2.68. The van der Waals surface area contributed by atoms with Crippen LogP contribution in [0.1, 0.15) is 51.9 Å². The highest BCUT2D eigenvalue weighted by atomic mass is 15.2. The molecule has 2 nitrogen and oxygen atoms in total. The van der Waals surface area contributed by atoms with Gasteiger partial charge >= 0.3 is 0 Å². The standard InChI is InChI=1S/C16H30N2/c1-2-3-13-8-10-18(12-13)11-9-17-16(14-4-5-14)15-6-7-15/h13-17H,2-12H2,1H3. The van der Waals surface area contributed by atoms with Crippen LogP contribution in [0.15, 0.2) is 0 Å². The van der Waals surface area contributed by atoms with Crippen molar-refractivity contribution in [3.8, 4) is 0 Å². The van der Waals surface area contributed by atoms with Gasteiger partial charge in [0.15, 0.2) is 0 Å². The van der Waals surface area contributed by atoms with Gasteiger partial charge in [0.2, 0.25) is 0 Å². The minimum absolute atomic E-state index is 0.888. The van der Waals surface area contributed by atoms with Gasteiger partial charge in [-0.25, -0.2) is 0 Å². The minimum atomic E-state index is 0.888. The third kappa shape index (κ3) is 3.48. The maximum atomic E-state index is 3.88. The molecule has 18 heavy (non-hydrogen) atoms. The first kappa shape index (κ1) is 12.9. The Morgan fingerprint density at radius 1 is 1.11 bits per heavy atom. The van der Waals surface area contributed by atoms with Crippen molar-refractivity contribution in [2.24, 2.45) is 17.8 Å². The second-order valence-electron chi connectivity index (χ2n) is 6.90. The molecule has 3 fully saturated rings. The molecule has 0 aromatic heterocycles. The second-order valence-corrected chi connectivity index (χ2v) is 6.90. The van der Waals surface area contributed by atoms with Gasteiger partial charge in [0.25, 0.3) is 0 Å². The number of hydrogen-bond donors (Lipinski definition) is 1. The molecule has 1 saturated heterocycles. The van der Waals surface area contributed by atoms with E-state index in [1.807, 2.05) is 0 Å². The fraction of sp³-hybridized carbons (Fsp3) is 1.00. The molecular weight excluding hydrogens is 220 g/mol. The molecule has 2 saturated carbocycles. The van der Waals surface area contributed by atoms with E-state index in [2.05, 4.69) is 17.1 Å². The molecule has 0 spiro atoms. The van der Waals surface area contributed by atoms with Gasteiger partial charge < -0.3 is 10.2 Å². The van der Waals surface area contributed by atoms with E-state index in [0.717, 1.165) is 23.8 Å². The van der Waals surface area contributed by atoms with Crippen molar-refractivity contribution < 1.29 is 0 Å². The first-order valence-electron chi connectivity index (χ1n) is 8.32. The van der Waals surface area contributed by atoms with E-state index in [4.69, 9.17) is 0 Å². The van der Waals surface area contributed by atoms with Crippen LogP contribution in [0, 0.1) is 17.8 Å². The van der Waals surface area contributed by atoms with E-state index in [1.165, 1.54) is 71.1 Å². The molecule has 0 bridgehead atoms. The fourth-order valence-corrected chi connectivity index (χ4v) is 3.78. The molecule has 0 aromatic carbocycles. The molecule has 1 N–H and O–H groups in total. The summed E-state index contributed by atoms with van der Waals surface area (Å²) >= 11 is 0. The van der Waals surface area contributed by atoms with E-state index in [0.29, 0.717) is 0 Å². The third-order valence-corrected chi connectivity index (χ3v) is 5.13. The molecule has 1 unspecified atom stereocenters. The summed E-state index contributed by atoms with van der Waals surface area (Å²) in [5.41, 5.74) is 0. The highest BCUT2D eigenvalue weighted by Crippen LogP contribution is 2.44. The lowest BCUT2D eigenvalue weighted by atomic mass is 10.0. The van der Waals surface area contributed by atoms with Gasteiger partial charge in [0.1, 0.15) is 0 Å². The normalized spacial score (nSPS) is 29.3. The Balaban J connectivity index is 1.32. The van der Waals surface area contributed by atoms with Crippen LogP contribution in [-0.4, -0.2) is 37.1 Å².